The molecule has 18 nitrogen and oxygen atoms in total. The van der Waals surface area contributed by atoms with E-state index in [0.717, 1.165) is 0 Å². The number of carboxylic acid groups (broad SMARTS) is 2. The first-order valence-corrected chi connectivity index (χ1v) is 11.7. The van der Waals surface area contributed by atoms with E-state index in [0.29, 0.717) is 5.69 Å². The smallest absolute Gasteiger partial charge is 0.326 e. The Bertz CT molecular complexity index is 1040. The van der Waals surface area contributed by atoms with E-state index < -0.39 is 66.2 Å². The third-order valence-electron chi connectivity index (χ3n) is 5.22. The Morgan fingerprint density at radius 1 is 0.923 bits per heavy atom. The van der Waals surface area contributed by atoms with E-state index in [-0.39, 0.29) is 44.6 Å². The zero-order chi connectivity index (χ0) is 29.5. The first kappa shape index (κ1) is 32.3. The summed E-state index contributed by atoms with van der Waals surface area (Å²) in [6.07, 6.45) is 1.46. The normalized spacial score (nSPS) is 13.7. The second kappa shape index (κ2) is 16.2. The van der Waals surface area contributed by atoms with Gasteiger partial charge in [-0.1, -0.05) is 0 Å². The third kappa shape index (κ3) is 12.9. The zero-order valence-corrected chi connectivity index (χ0v) is 21.0. The van der Waals surface area contributed by atoms with Crippen LogP contribution in [0.15, 0.2) is 17.5 Å². The number of amides is 4. The SMILES string of the molecule is NC(=O)CCC(NC(=O)C(Cc1cnc[nH]1)NC(=O)C(CCCN=C(N)N)NC(=O)C(N)CC(=O)O)C(=O)O. The molecule has 4 atom stereocenters. The van der Waals surface area contributed by atoms with Crippen molar-refractivity contribution in [1.29, 1.82) is 0 Å². The zero-order valence-electron chi connectivity index (χ0n) is 21.0. The van der Waals surface area contributed by atoms with Crippen molar-refractivity contribution >= 4 is 41.5 Å². The number of hydrogen-bond acceptors (Lipinski definition) is 9. The van der Waals surface area contributed by atoms with E-state index in [1.165, 1.54) is 12.5 Å². The lowest BCUT2D eigenvalue weighted by molar-refractivity contribution is -0.142. The van der Waals surface area contributed by atoms with Crippen molar-refractivity contribution in [2.75, 3.05) is 6.54 Å². The van der Waals surface area contributed by atoms with Crippen LogP contribution in [0.5, 0.6) is 0 Å². The first-order chi connectivity index (χ1) is 18.3. The lowest BCUT2D eigenvalue weighted by Crippen LogP contribution is -2.57. The molecule has 0 aliphatic heterocycles. The Kier molecular flexibility index (Phi) is 13.4. The number of nitrogens with zero attached hydrogens (tertiary/aromatic N) is 2. The molecule has 18 heteroatoms. The summed E-state index contributed by atoms with van der Waals surface area (Å²) in [5.41, 5.74) is 21.6. The maximum atomic E-state index is 13.2. The minimum Gasteiger partial charge on any atom is -0.481 e. The molecular weight excluding hydrogens is 520 g/mol. The van der Waals surface area contributed by atoms with E-state index in [1.54, 1.807) is 0 Å². The van der Waals surface area contributed by atoms with Gasteiger partial charge < -0.3 is 54.1 Å². The van der Waals surface area contributed by atoms with Gasteiger partial charge in [-0.15, -0.1) is 0 Å². The Morgan fingerprint density at radius 2 is 1.54 bits per heavy atom. The van der Waals surface area contributed by atoms with Gasteiger partial charge in [0.2, 0.25) is 23.6 Å². The van der Waals surface area contributed by atoms with Crippen LogP contribution >= 0.6 is 0 Å². The number of hydrogen-bond donors (Lipinski definition) is 10. The van der Waals surface area contributed by atoms with Crippen LogP contribution in [0.25, 0.3) is 0 Å². The fourth-order valence-corrected chi connectivity index (χ4v) is 3.25. The van der Waals surface area contributed by atoms with Gasteiger partial charge in [0.05, 0.1) is 18.8 Å². The summed E-state index contributed by atoms with van der Waals surface area (Å²) in [6, 6.07) is -5.57. The lowest BCUT2D eigenvalue weighted by Gasteiger charge is -2.25. The van der Waals surface area contributed by atoms with Gasteiger partial charge in [-0.2, -0.15) is 0 Å². The number of carbonyl (C=O) groups excluding carboxylic acids is 4. The molecule has 0 radical (unpaired) electrons. The number of H-pyrrole nitrogens is 1. The summed E-state index contributed by atoms with van der Waals surface area (Å²) in [6.45, 7) is 0.0986. The Hall–Kier alpha value is -4.74. The average molecular weight is 555 g/mol. The summed E-state index contributed by atoms with van der Waals surface area (Å²) >= 11 is 0. The highest BCUT2D eigenvalue weighted by Gasteiger charge is 2.31. The summed E-state index contributed by atoms with van der Waals surface area (Å²) in [5.74, 6) is -6.38. The number of nitrogens with two attached hydrogens (primary N) is 4. The van der Waals surface area contributed by atoms with Crippen molar-refractivity contribution in [2.24, 2.45) is 27.9 Å². The predicted octanol–water partition coefficient (Wildman–Crippen LogP) is -4.39. The molecule has 0 saturated heterocycles. The van der Waals surface area contributed by atoms with Crippen molar-refractivity contribution in [3.8, 4) is 0 Å². The number of primary amides is 1. The van der Waals surface area contributed by atoms with E-state index >= 15 is 0 Å². The number of rotatable bonds is 18. The highest BCUT2D eigenvalue weighted by atomic mass is 16.4. The highest BCUT2D eigenvalue weighted by Crippen LogP contribution is 2.06. The topological polar surface area (TPSA) is 324 Å². The summed E-state index contributed by atoms with van der Waals surface area (Å²) in [7, 11) is 0. The molecule has 0 fully saturated rings. The highest BCUT2D eigenvalue weighted by molar-refractivity contribution is 5.95. The lowest BCUT2D eigenvalue weighted by atomic mass is 10.1. The molecule has 0 spiro atoms. The van der Waals surface area contributed by atoms with Crippen LogP contribution in [0, 0.1) is 0 Å². The number of aromatic amines is 1. The van der Waals surface area contributed by atoms with Crippen LogP contribution in [0.2, 0.25) is 0 Å². The number of nitrogens with one attached hydrogen (secondary N) is 4. The number of imidazole rings is 1. The van der Waals surface area contributed by atoms with Gasteiger partial charge in [0.15, 0.2) is 5.96 Å². The van der Waals surface area contributed by atoms with E-state index in [1.807, 2.05) is 0 Å². The Labute approximate surface area is 222 Å². The number of carboxylic acids is 2. The van der Waals surface area contributed by atoms with Gasteiger partial charge in [0.1, 0.15) is 18.1 Å². The molecule has 0 aliphatic rings. The largest absolute Gasteiger partial charge is 0.481 e. The summed E-state index contributed by atoms with van der Waals surface area (Å²) < 4.78 is 0. The standard InChI is InChI=1S/C21H34N10O8/c22-11(7-16(33)34)17(35)29-12(2-1-5-27-21(24)25)18(36)31-14(6-10-8-26-9-28-10)19(37)30-13(20(38)39)3-4-15(23)32/h8-9,11-14H,1-7,22H2,(H2,23,32)(H,26,28)(H,29,35)(H,30,37)(H,31,36)(H,33,34)(H,38,39)(H4,24,25,27). The van der Waals surface area contributed by atoms with Crippen molar-refractivity contribution in [3.63, 3.8) is 0 Å². The van der Waals surface area contributed by atoms with Crippen LogP contribution < -0.4 is 38.9 Å². The van der Waals surface area contributed by atoms with Gasteiger partial charge in [-0.25, -0.2) is 9.78 Å². The first-order valence-electron chi connectivity index (χ1n) is 11.7. The predicted molar refractivity (Wildman–Crippen MR) is 134 cm³/mol. The van der Waals surface area contributed by atoms with Crippen LogP contribution in [-0.4, -0.2) is 92.4 Å². The minimum absolute atomic E-state index is 0.0249. The molecular formula is C21H34N10O8. The van der Waals surface area contributed by atoms with Gasteiger partial charge in [0, 0.05) is 31.3 Å². The molecule has 0 aromatic carbocycles. The molecule has 1 aromatic rings. The molecule has 14 N–H and O–H groups in total. The number of aliphatic carboxylic acids is 2. The molecule has 1 aromatic heterocycles. The number of carbonyl (C=O) groups is 6. The molecule has 1 heterocycles. The van der Waals surface area contributed by atoms with Crippen molar-refractivity contribution in [3.05, 3.63) is 18.2 Å². The summed E-state index contributed by atoms with van der Waals surface area (Å²) in [5, 5.41) is 25.4. The van der Waals surface area contributed by atoms with E-state index in [2.05, 4.69) is 30.9 Å². The molecule has 1 rings (SSSR count). The quantitative estimate of drug-likeness (QED) is 0.0467. The molecule has 4 amide bonds. The molecule has 0 aliphatic carbocycles. The van der Waals surface area contributed by atoms with Crippen LogP contribution in [0.4, 0.5) is 0 Å². The van der Waals surface area contributed by atoms with E-state index in [9.17, 15) is 33.9 Å². The maximum Gasteiger partial charge on any atom is 0.326 e. The molecule has 39 heavy (non-hydrogen) atoms. The number of aliphatic imine (C=N–C) groups is 1. The fourth-order valence-electron chi connectivity index (χ4n) is 3.25. The van der Waals surface area contributed by atoms with Crippen LogP contribution in [-0.2, 0) is 35.2 Å². The van der Waals surface area contributed by atoms with Crippen LogP contribution in [0.3, 0.4) is 0 Å². The number of guanidine groups is 1. The van der Waals surface area contributed by atoms with Gasteiger partial charge in [0.25, 0.3) is 0 Å². The maximum absolute atomic E-state index is 13.2. The monoisotopic (exact) mass is 554 g/mol. The minimum atomic E-state index is -1.48. The molecule has 216 valence electrons. The Morgan fingerprint density at radius 3 is 2.08 bits per heavy atom. The molecule has 0 saturated carbocycles. The Balaban J connectivity index is 3.11. The van der Waals surface area contributed by atoms with Gasteiger partial charge in [-0.3, -0.25) is 29.0 Å². The summed E-state index contributed by atoms with van der Waals surface area (Å²) in [4.78, 5) is 82.5. The van der Waals surface area contributed by atoms with E-state index in [4.69, 9.17) is 28.0 Å². The molecule has 4 unspecified atom stereocenters. The second-order valence-corrected chi connectivity index (χ2v) is 8.46. The fraction of sp³-hybridized carbons (Fsp3) is 0.524. The van der Waals surface area contributed by atoms with Gasteiger partial charge >= 0.3 is 11.9 Å². The third-order valence-corrected chi connectivity index (χ3v) is 5.22. The second-order valence-electron chi connectivity index (χ2n) is 8.46. The van der Waals surface area contributed by atoms with Gasteiger partial charge in [-0.05, 0) is 19.3 Å². The van der Waals surface area contributed by atoms with Crippen molar-refractivity contribution < 1.29 is 39.0 Å². The molecule has 0 bridgehead atoms. The van der Waals surface area contributed by atoms with Crippen molar-refractivity contribution in [1.82, 2.24) is 25.9 Å². The average Bonchev–Trinajstić information content (AvgIpc) is 3.35. The van der Waals surface area contributed by atoms with Crippen LogP contribution in [0.1, 0.15) is 37.8 Å². The van der Waals surface area contributed by atoms with Crippen molar-refractivity contribution in [2.45, 2.75) is 62.7 Å². The number of aromatic nitrogens is 2.